The average molecular weight is 235 g/mol. The molecule has 0 bridgehead atoms. The van der Waals surface area contributed by atoms with Crippen LogP contribution in [0.5, 0.6) is 0 Å². The fourth-order valence-electron chi connectivity index (χ4n) is 2.01. The Balaban J connectivity index is 2.25. The molecule has 0 aliphatic heterocycles. The molecule has 0 fully saturated rings. The fraction of sp³-hybridized carbons (Fsp3) is 0.364. The molecule has 1 aliphatic carbocycles. The normalized spacial score (nSPS) is 19.7. The highest BCUT2D eigenvalue weighted by Gasteiger charge is 2.23. The van der Waals surface area contributed by atoms with Crippen molar-refractivity contribution in [1.82, 2.24) is 19.7 Å². The third-order valence-corrected chi connectivity index (χ3v) is 3.27. The number of aromatic nitrogens is 4. The van der Waals surface area contributed by atoms with Crippen molar-refractivity contribution in [3.63, 3.8) is 0 Å². The van der Waals surface area contributed by atoms with E-state index in [1.165, 1.54) is 5.57 Å². The van der Waals surface area contributed by atoms with Crippen LogP contribution in [-0.4, -0.2) is 19.7 Å². The highest BCUT2D eigenvalue weighted by atomic mass is 35.5. The van der Waals surface area contributed by atoms with E-state index in [4.69, 9.17) is 11.6 Å². The van der Waals surface area contributed by atoms with E-state index in [0.29, 0.717) is 6.04 Å². The molecule has 1 atom stereocenters. The van der Waals surface area contributed by atoms with Crippen LogP contribution in [0.15, 0.2) is 17.8 Å². The topological polar surface area (TPSA) is 43.6 Å². The maximum absolute atomic E-state index is 5.82. The van der Waals surface area contributed by atoms with E-state index in [-0.39, 0.29) is 5.28 Å². The molecule has 2 aromatic rings. The molecule has 0 spiro atoms. The SMILES string of the molecule is CC1=CCC1n1nc(C)c2cnc(Cl)nc21. The number of allylic oxidation sites excluding steroid dienone is 2. The largest absolute Gasteiger partial charge is 0.239 e. The first-order valence-electron chi connectivity index (χ1n) is 5.21. The molecule has 1 aliphatic rings. The molecule has 1 unspecified atom stereocenters. The summed E-state index contributed by atoms with van der Waals surface area (Å²) in [5.41, 5.74) is 3.11. The lowest BCUT2D eigenvalue weighted by atomic mass is 9.94. The van der Waals surface area contributed by atoms with Crippen LogP contribution in [0, 0.1) is 6.92 Å². The first-order valence-corrected chi connectivity index (χ1v) is 5.58. The standard InChI is InChI=1S/C11H11ClN4/c1-6-3-4-9(6)16-10-8(7(2)15-16)5-13-11(12)14-10/h3,5,9H,4H2,1-2H3. The van der Waals surface area contributed by atoms with Crippen molar-refractivity contribution in [2.24, 2.45) is 0 Å². The van der Waals surface area contributed by atoms with Gasteiger partial charge in [0, 0.05) is 6.20 Å². The van der Waals surface area contributed by atoms with Crippen molar-refractivity contribution in [2.75, 3.05) is 0 Å². The summed E-state index contributed by atoms with van der Waals surface area (Å²) in [4.78, 5) is 8.25. The van der Waals surface area contributed by atoms with Crippen molar-refractivity contribution in [3.8, 4) is 0 Å². The van der Waals surface area contributed by atoms with Crippen molar-refractivity contribution in [1.29, 1.82) is 0 Å². The number of fused-ring (bicyclic) bond motifs is 1. The number of aryl methyl sites for hydroxylation is 1. The zero-order chi connectivity index (χ0) is 11.3. The second-order valence-corrected chi connectivity index (χ2v) is 4.44. The van der Waals surface area contributed by atoms with E-state index in [0.717, 1.165) is 23.1 Å². The Kier molecular flexibility index (Phi) is 2.01. The van der Waals surface area contributed by atoms with Gasteiger partial charge in [0.15, 0.2) is 5.65 Å². The predicted octanol–water partition coefficient (Wildman–Crippen LogP) is 2.68. The molecule has 2 heterocycles. The van der Waals surface area contributed by atoms with E-state index >= 15 is 0 Å². The summed E-state index contributed by atoms with van der Waals surface area (Å²) in [6.45, 7) is 4.08. The van der Waals surface area contributed by atoms with Crippen molar-refractivity contribution in [2.45, 2.75) is 26.3 Å². The van der Waals surface area contributed by atoms with E-state index in [2.05, 4.69) is 28.1 Å². The molecule has 5 heteroatoms. The summed E-state index contributed by atoms with van der Waals surface area (Å²) in [5, 5.41) is 5.77. The lowest BCUT2D eigenvalue weighted by Gasteiger charge is -2.24. The number of hydrogen-bond acceptors (Lipinski definition) is 3. The number of nitrogens with zero attached hydrogens (tertiary/aromatic N) is 4. The van der Waals surface area contributed by atoms with E-state index in [1.54, 1.807) is 6.20 Å². The molecule has 0 saturated heterocycles. The van der Waals surface area contributed by atoms with Crippen LogP contribution in [0.4, 0.5) is 0 Å². The Morgan fingerprint density at radius 2 is 2.25 bits per heavy atom. The summed E-state index contributed by atoms with van der Waals surface area (Å²) < 4.78 is 1.95. The van der Waals surface area contributed by atoms with Gasteiger partial charge in [-0.05, 0) is 31.9 Å². The second kappa shape index (κ2) is 3.28. The summed E-state index contributed by atoms with van der Waals surface area (Å²) >= 11 is 5.82. The van der Waals surface area contributed by atoms with Gasteiger partial charge >= 0.3 is 0 Å². The van der Waals surface area contributed by atoms with Crippen LogP contribution in [0.25, 0.3) is 11.0 Å². The van der Waals surface area contributed by atoms with Crippen LogP contribution >= 0.6 is 11.6 Å². The molecule has 2 aromatic heterocycles. The molecular formula is C11H11ClN4. The molecule has 4 nitrogen and oxygen atoms in total. The van der Waals surface area contributed by atoms with Crippen LogP contribution < -0.4 is 0 Å². The Morgan fingerprint density at radius 3 is 2.88 bits per heavy atom. The number of halogens is 1. The van der Waals surface area contributed by atoms with Crippen molar-refractivity contribution >= 4 is 22.6 Å². The maximum Gasteiger partial charge on any atom is 0.224 e. The highest BCUT2D eigenvalue weighted by Crippen LogP contribution is 2.33. The molecule has 16 heavy (non-hydrogen) atoms. The van der Waals surface area contributed by atoms with Crippen LogP contribution in [0.3, 0.4) is 0 Å². The van der Waals surface area contributed by atoms with E-state index < -0.39 is 0 Å². The van der Waals surface area contributed by atoms with Gasteiger partial charge in [-0.3, -0.25) is 0 Å². The molecule has 0 N–H and O–H groups in total. The van der Waals surface area contributed by atoms with Crippen LogP contribution in [0.2, 0.25) is 5.28 Å². The number of rotatable bonds is 1. The van der Waals surface area contributed by atoms with Gasteiger partial charge in [-0.2, -0.15) is 10.1 Å². The third-order valence-electron chi connectivity index (χ3n) is 3.09. The third kappa shape index (κ3) is 1.26. The average Bonchev–Trinajstić information content (AvgIpc) is 2.54. The zero-order valence-corrected chi connectivity index (χ0v) is 9.86. The Labute approximate surface area is 98.0 Å². The van der Waals surface area contributed by atoms with E-state index in [9.17, 15) is 0 Å². The smallest absolute Gasteiger partial charge is 0.224 e. The molecular weight excluding hydrogens is 224 g/mol. The van der Waals surface area contributed by atoms with Crippen LogP contribution in [-0.2, 0) is 0 Å². The molecule has 82 valence electrons. The van der Waals surface area contributed by atoms with Crippen molar-refractivity contribution in [3.05, 3.63) is 28.8 Å². The lowest BCUT2D eigenvalue weighted by Crippen LogP contribution is -2.18. The molecule has 0 saturated carbocycles. The van der Waals surface area contributed by atoms with E-state index in [1.807, 2.05) is 11.6 Å². The van der Waals surface area contributed by atoms with Gasteiger partial charge in [-0.1, -0.05) is 11.6 Å². The van der Waals surface area contributed by atoms with Gasteiger partial charge in [0.2, 0.25) is 5.28 Å². The first-order chi connectivity index (χ1) is 7.66. The fourth-order valence-corrected chi connectivity index (χ4v) is 2.14. The molecule has 3 rings (SSSR count). The van der Waals surface area contributed by atoms with Crippen molar-refractivity contribution < 1.29 is 0 Å². The van der Waals surface area contributed by atoms with Gasteiger partial charge < -0.3 is 0 Å². The minimum atomic E-state index is 0.273. The maximum atomic E-state index is 5.82. The zero-order valence-electron chi connectivity index (χ0n) is 9.11. The Morgan fingerprint density at radius 1 is 1.44 bits per heavy atom. The van der Waals surface area contributed by atoms with Gasteiger partial charge in [0.1, 0.15) is 0 Å². The summed E-state index contributed by atoms with van der Waals surface area (Å²) in [6, 6.07) is 0.335. The summed E-state index contributed by atoms with van der Waals surface area (Å²) in [7, 11) is 0. The molecule has 0 amide bonds. The van der Waals surface area contributed by atoms with Gasteiger partial charge in [0.25, 0.3) is 0 Å². The van der Waals surface area contributed by atoms with Gasteiger partial charge in [-0.25, -0.2) is 9.67 Å². The summed E-state index contributed by atoms with van der Waals surface area (Å²) in [6.07, 6.45) is 4.96. The second-order valence-electron chi connectivity index (χ2n) is 4.11. The quantitative estimate of drug-likeness (QED) is 0.563. The first kappa shape index (κ1) is 9.78. The monoisotopic (exact) mass is 234 g/mol. The minimum Gasteiger partial charge on any atom is -0.239 e. The Bertz CT molecular complexity index is 599. The van der Waals surface area contributed by atoms with Crippen LogP contribution in [0.1, 0.15) is 25.1 Å². The molecule has 0 aromatic carbocycles. The minimum absolute atomic E-state index is 0.273. The van der Waals surface area contributed by atoms with Gasteiger partial charge in [0.05, 0.1) is 17.1 Å². The summed E-state index contributed by atoms with van der Waals surface area (Å²) in [5.74, 6) is 0. The molecule has 0 radical (unpaired) electrons. The predicted molar refractivity (Wildman–Crippen MR) is 62.5 cm³/mol. The highest BCUT2D eigenvalue weighted by molar-refractivity contribution is 6.28. The van der Waals surface area contributed by atoms with Gasteiger partial charge in [-0.15, -0.1) is 0 Å². The lowest BCUT2D eigenvalue weighted by molar-refractivity contribution is 0.488. The number of hydrogen-bond donors (Lipinski definition) is 0. The Hall–Kier alpha value is -1.42.